The quantitative estimate of drug-likeness (QED) is 0.834. The van der Waals surface area contributed by atoms with Gasteiger partial charge in [0, 0.05) is 6.42 Å². The lowest BCUT2D eigenvalue weighted by molar-refractivity contribution is 0.544. The number of benzene rings is 1. The van der Waals surface area contributed by atoms with Crippen LogP contribution in [0.3, 0.4) is 0 Å². The molecule has 0 fully saturated rings. The molecular formula is C15H17N3. The Balaban J connectivity index is 2.23. The number of para-hydroxylation sites is 2. The van der Waals surface area contributed by atoms with Gasteiger partial charge < -0.3 is 5.32 Å². The number of fused-ring (bicyclic) bond motifs is 1. The fourth-order valence-electron chi connectivity index (χ4n) is 1.92. The number of hydrogen-bond donors (Lipinski definition) is 1. The van der Waals surface area contributed by atoms with Crippen LogP contribution in [0.25, 0.3) is 11.0 Å². The van der Waals surface area contributed by atoms with Crippen LogP contribution in [-0.4, -0.2) is 17.0 Å². The molecule has 0 bridgehead atoms. The van der Waals surface area contributed by atoms with Gasteiger partial charge >= 0.3 is 0 Å². The van der Waals surface area contributed by atoms with Crippen LogP contribution in [0.5, 0.6) is 0 Å². The minimum absolute atomic E-state index is 0.211. The summed E-state index contributed by atoms with van der Waals surface area (Å²) in [5, 5.41) is 3.27. The minimum atomic E-state index is 0.211. The first-order valence-electron chi connectivity index (χ1n) is 6.13. The van der Waals surface area contributed by atoms with Gasteiger partial charge in [0.2, 0.25) is 0 Å². The van der Waals surface area contributed by atoms with Crippen LogP contribution in [0.4, 0.5) is 0 Å². The highest BCUT2D eigenvalue weighted by atomic mass is 14.9. The van der Waals surface area contributed by atoms with Gasteiger partial charge in [-0.3, -0.25) is 4.98 Å². The molecule has 1 N–H and O–H groups in total. The van der Waals surface area contributed by atoms with E-state index in [1.165, 1.54) is 0 Å². The molecule has 1 atom stereocenters. The van der Waals surface area contributed by atoms with Crippen molar-refractivity contribution in [1.29, 1.82) is 0 Å². The molecule has 3 nitrogen and oxygen atoms in total. The van der Waals surface area contributed by atoms with E-state index in [9.17, 15) is 0 Å². The third kappa shape index (κ3) is 2.85. The number of hydrogen-bond acceptors (Lipinski definition) is 3. The fraction of sp³-hybridized carbons (Fsp3) is 0.333. The maximum Gasteiger partial charge on any atom is 0.0890 e. The van der Waals surface area contributed by atoms with Gasteiger partial charge in [0.05, 0.1) is 29.0 Å². The maximum absolute atomic E-state index is 4.65. The standard InChI is InChI=1S/C15H17N3/c1-3-4-5-8-12(16-2)15-11-17-13-9-6-7-10-14(13)18-15/h6-7,9-12,16H,5,8H2,1-2H3. The number of nitrogens with one attached hydrogen (secondary N) is 1. The topological polar surface area (TPSA) is 37.8 Å². The lowest BCUT2D eigenvalue weighted by atomic mass is 10.1. The first-order valence-corrected chi connectivity index (χ1v) is 6.13. The zero-order chi connectivity index (χ0) is 12.8. The van der Waals surface area contributed by atoms with E-state index < -0.39 is 0 Å². The molecule has 0 aliphatic rings. The average Bonchev–Trinajstić information content (AvgIpc) is 2.43. The highest BCUT2D eigenvalue weighted by molar-refractivity contribution is 5.73. The normalized spacial score (nSPS) is 11.9. The molecule has 0 aliphatic carbocycles. The van der Waals surface area contributed by atoms with Gasteiger partial charge in [-0.05, 0) is 32.5 Å². The van der Waals surface area contributed by atoms with Crippen molar-refractivity contribution in [2.45, 2.75) is 25.8 Å². The van der Waals surface area contributed by atoms with Crippen LogP contribution in [0.1, 0.15) is 31.5 Å². The van der Waals surface area contributed by atoms with Gasteiger partial charge in [-0.1, -0.05) is 12.1 Å². The minimum Gasteiger partial charge on any atom is -0.312 e. The summed E-state index contributed by atoms with van der Waals surface area (Å²) < 4.78 is 0. The van der Waals surface area contributed by atoms with Crippen molar-refractivity contribution in [2.75, 3.05) is 7.05 Å². The van der Waals surface area contributed by atoms with E-state index >= 15 is 0 Å². The predicted molar refractivity (Wildman–Crippen MR) is 74.0 cm³/mol. The Hall–Kier alpha value is -1.92. The van der Waals surface area contributed by atoms with Gasteiger partial charge in [0.1, 0.15) is 0 Å². The second-order valence-electron chi connectivity index (χ2n) is 4.09. The van der Waals surface area contributed by atoms with Crippen molar-refractivity contribution in [3.8, 4) is 11.8 Å². The van der Waals surface area contributed by atoms with E-state index in [1.807, 2.05) is 44.4 Å². The molecule has 0 radical (unpaired) electrons. The molecule has 2 rings (SSSR count). The second kappa shape index (κ2) is 6.13. The van der Waals surface area contributed by atoms with E-state index in [1.54, 1.807) is 0 Å². The molecule has 1 aromatic carbocycles. The van der Waals surface area contributed by atoms with E-state index in [0.717, 1.165) is 29.6 Å². The monoisotopic (exact) mass is 239 g/mol. The Morgan fingerprint density at radius 1 is 1.28 bits per heavy atom. The van der Waals surface area contributed by atoms with Crippen molar-refractivity contribution in [2.24, 2.45) is 0 Å². The van der Waals surface area contributed by atoms with Crippen molar-refractivity contribution in [1.82, 2.24) is 15.3 Å². The smallest absolute Gasteiger partial charge is 0.0890 e. The largest absolute Gasteiger partial charge is 0.312 e. The zero-order valence-electron chi connectivity index (χ0n) is 10.8. The Morgan fingerprint density at radius 3 is 2.78 bits per heavy atom. The van der Waals surface area contributed by atoms with Crippen LogP contribution in [0.15, 0.2) is 30.5 Å². The summed E-state index contributed by atoms with van der Waals surface area (Å²) in [5.41, 5.74) is 2.86. The van der Waals surface area contributed by atoms with Crippen LogP contribution in [0, 0.1) is 11.8 Å². The van der Waals surface area contributed by atoms with E-state index in [4.69, 9.17) is 0 Å². The van der Waals surface area contributed by atoms with Gasteiger partial charge in [-0.15, -0.1) is 11.8 Å². The Bertz CT molecular complexity index is 581. The molecule has 1 aromatic heterocycles. The Labute approximate surface area is 108 Å². The van der Waals surface area contributed by atoms with Gasteiger partial charge in [0.15, 0.2) is 0 Å². The zero-order valence-corrected chi connectivity index (χ0v) is 10.8. The van der Waals surface area contributed by atoms with Gasteiger partial charge in [-0.25, -0.2) is 4.98 Å². The molecule has 0 spiro atoms. The van der Waals surface area contributed by atoms with E-state index in [-0.39, 0.29) is 6.04 Å². The highest BCUT2D eigenvalue weighted by Crippen LogP contribution is 2.17. The van der Waals surface area contributed by atoms with Crippen LogP contribution < -0.4 is 5.32 Å². The van der Waals surface area contributed by atoms with Crippen LogP contribution in [0.2, 0.25) is 0 Å². The molecule has 0 aliphatic heterocycles. The van der Waals surface area contributed by atoms with Gasteiger partial charge in [0.25, 0.3) is 0 Å². The fourth-order valence-corrected chi connectivity index (χ4v) is 1.92. The molecular weight excluding hydrogens is 222 g/mol. The molecule has 2 aromatic rings. The summed E-state index contributed by atoms with van der Waals surface area (Å²) in [6.45, 7) is 1.87. The van der Waals surface area contributed by atoms with Gasteiger partial charge in [-0.2, -0.15) is 0 Å². The SMILES string of the molecule is CC#CCCC(NC)c1cnc2ccccc2n1. The predicted octanol–water partition coefficient (Wildman–Crippen LogP) is 2.69. The van der Waals surface area contributed by atoms with Crippen LogP contribution >= 0.6 is 0 Å². The summed E-state index contributed by atoms with van der Waals surface area (Å²) in [7, 11) is 1.95. The van der Waals surface area contributed by atoms with E-state index in [2.05, 4.69) is 27.1 Å². The second-order valence-corrected chi connectivity index (χ2v) is 4.09. The maximum atomic E-state index is 4.65. The summed E-state index contributed by atoms with van der Waals surface area (Å²) in [6, 6.07) is 8.14. The molecule has 0 saturated heterocycles. The third-order valence-electron chi connectivity index (χ3n) is 2.91. The average molecular weight is 239 g/mol. The van der Waals surface area contributed by atoms with Crippen molar-refractivity contribution in [3.05, 3.63) is 36.2 Å². The molecule has 0 saturated carbocycles. The first-order chi connectivity index (χ1) is 8.85. The summed E-state index contributed by atoms with van der Waals surface area (Å²) in [4.78, 5) is 9.09. The molecule has 1 heterocycles. The van der Waals surface area contributed by atoms with Crippen molar-refractivity contribution in [3.63, 3.8) is 0 Å². The summed E-state index contributed by atoms with van der Waals surface area (Å²) in [6.07, 6.45) is 3.67. The lowest BCUT2D eigenvalue weighted by Gasteiger charge is -2.14. The Morgan fingerprint density at radius 2 is 2.06 bits per heavy atom. The number of rotatable bonds is 4. The molecule has 0 amide bonds. The summed E-state index contributed by atoms with van der Waals surface area (Å²) in [5.74, 6) is 6.00. The molecule has 92 valence electrons. The van der Waals surface area contributed by atoms with Crippen molar-refractivity contribution >= 4 is 11.0 Å². The number of nitrogens with zero attached hydrogens (tertiary/aromatic N) is 2. The Kier molecular flexibility index (Phi) is 4.27. The highest BCUT2D eigenvalue weighted by Gasteiger charge is 2.10. The van der Waals surface area contributed by atoms with Crippen LogP contribution in [-0.2, 0) is 0 Å². The molecule has 3 heteroatoms. The molecule has 1 unspecified atom stereocenters. The number of aromatic nitrogens is 2. The molecule has 18 heavy (non-hydrogen) atoms. The van der Waals surface area contributed by atoms with E-state index in [0.29, 0.717) is 0 Å². The summed E-state index contributed by atoms with van der Waals surface area (Å²) >= 11 is 0. The third-order valence-corrected chi connectivity index (χ3v) is 2.91. The lowest BCUT2D eigenvalue weighted by Crippen LogP contribution is -2.17. The first kappa shape index (κ1) is 12.5. The van der Waals surface area contributed by atoms with Crippen molar-refractivity contribution < 1.29 is 0 Å².